The second kappa shape index (κ2) is 10.8. The number of hydrogen-bond donors (Lipinski definition) is 0. The topological polar surface area (TPSA) is 21.3 Å². The minimum absolute atomic E-state index is 0.0465. The number of thiophene rings is 2. The van der Waals surface area contributed by atoms with E-state index in [9.17, 15) is 0 Å². The Bertz CT molecular complexity index is 3800. The summed E-state index contributed by atoms with van der Waals surface area (Å²) < 4.78 is 14.7. The van der Waals surface area contributed by atoms with Crippen LogP contribution in [0.5, 0.6) is 0 Å². The minimum atomic E-state index is -0.0740. The number of rotatable bonds is 1. The van der Waals surface area contributed by atoms with Gasteiger partial charge in [-0.05, 0) is 88.1 Å². The number of furan rings is 1. The Hall–Kier alpha value is -6.34. The summed E-state index contributed by atoms with van der Waals surface area (Å²) in [4.78, 5) is 2.67. The highest BCUT2D eigenvalue weighted by molar-refractivity contribution is 7.26. The van der Waals surface area contributed by atoms with Gasteiger partial charge in [0, 0.05) is 79.1 Å². The average Bonchev–Trinajstić information content (AvgIpc) is 4.00. The Labute approximate surface area is 342 Å². The molecule has 0 atom stereocenters. The number of aromatic nitrogens is 1. The van der Waals surface area contributed by atoms with Crippen molar-refractivity contribution in [1.29, 1.82) is 0 Å². The van der Waals surface area contributed by atoms with Crippen LogP contribution in [0, 0.1) is 0 Å². The van der Waals surface area contributed by atoms with Crippen LogP contribution in [0.2, 0.25) is 0 Å². The summed E-state index contributed by atoms with van der Waals surface area (Å²) in [7, 11) is 0. The van der Waals surface area contributed by atoms with E-state index in [-0.39, 0.29) is 12.3 Å². The molecule has 0 unspecified atom stereocenters. The fraction of sp³-hybridized carbons (Fsp3) is 0.0769. The smallest absolute Gasteiger partial charge is 0.333 e. The largest absolute Gasteiger partial charge is 0.455 e. The molecular formula is C52H33BN2OS2. The lowest BCUT2D eigenvalue weighted by atomic mass is 9.44. The van der Waals surface area contributed by atoms with Crippen molar-refractivity contribution in [3.05, 3.63) is 151 Å². The predicted octanol–water partition coefficient (Wildman–Crippen LogP) is 14.0. The quantitative estimate of drug-likeness (QED) is 0.155. The Morgan fingerprint density at radius 3 is 1.97 bits per heavy atom. The van der Waals surface area contributed by atoms with E-state index < -0.39 is 0 Å². The van der Waals surface area contributed by atoms with Crippen LogP contribution in [0.1, 0.15) is 26.3 Å². The molecule has 0 saturated carbocycles. The first-order valence-electron chi connectivity index (χ1n) is 20.1. The van der Waals surface area contributed by atoms with Crippen molar-refractivity contribution in [1.82, 2.24) is 4.57 Å². The zero-order valence-corrected chi connectivity index (χ0v) is 33.7. The number of benzene rings is 8. The van der Waals surface area contributed by atoms with Crippen LogP contribution in [0.15, 0.2) is 150 Å². The van der Waals surface area contributed by atoms with Gasteiger partial charge >= 0.3 is 6.85 Å². The molecule has 12 aromatic rings. The minimum Gasteiger partial charge on any atom is -0.455 e. The Morgan fingerprint density at radius 2 is 1.21 bits per heavy atom. The van der Waals surface area contributed by atoms with Crippen LogP contribution >= 0.6 is 22.7 Å². The van der Waals surface area contributed by atoms with E-state index in [2.05, 4.69) is 176 Å². The van der Waals surface area contributed by atoms with Gasteiger partial charge in [-0.2, -0.15) is 0 Å². The van der Waals surface area contributed by atoms with E-state index in [4.69, 9.17) is 4.42 Å². The Balaban J connectivity index is 1.18. The van der Waals surface area contributed by atoms with Crippen molar-refractivity contribution in [2.45, 2.75) is 26.2 Å². The highest BCUT2D eigenvalue weighted by atomic mass is 32.1. The molecule has 2 aliphatic rings. The maximum absolute atomic E-state index is 6.83. The fourth-order valence-corrected chi connectivity index (χ4v) is 12.7. The van der Waals surface area contributed by atoms with E-state index in [1.807, 2.05) is 22.7 Å². The highest BCUT2D eigenvalue weighted by Gasteiger charge is 2.44. The number of anilines is 2. The van der Waals surface area contributed by atoms with Gasteiger partial charge in [0.15, 0.2) is 0 Å². The maximum atomic E-state index is 6.83. The highest BCUT2D eigenvalue weighted by Crippen LogP contribution is 2.50. The van der Waals surface area contributed by atoms with E-state index >= 15 is 0 Å². The number of fused-ring (bicyclic) bond motifs is 18. The molecule has 0 amide bonds. The van der Waals surface area contributed by atoms with Crippen LogP contribution in [0.4, 0.5) is 11.4 Å². The van der Waals surface area contributed by atoms with Crippen LogP contribution in [0.3, 0.4) is 0 Å². The van der Waals surface area contributed by atoms with Crippen molar-refractivity contribution in [3.8, 4) is 16.8 Å². The van der Waals surface area contributed by atoms with Crippen molar-refractivity contribution < 1.29 is 4.42 Å². The molecular weight excluding hydrogens is 744 g/mol. The summed E-state index contributed by atoms with van der Waals surface area (Å²) in [6.07, 6.45) is 0. The standard InChI is InChI=1S/C52H33BN2OS2/c1-52(2,3)28-16-18-29(19-17-28)55-41-25-38-32-12-6-9-15-45(32)57-46(38)26-36(41)33-20-21-35-48-40(23-22-34-30-10-4-7-13-43(30)56-51(34)48)54-42-27-47-37(31-11-5-8-14-44(31)58-47)24-39(42)53(55)49(33)50(35)54/h4-27H,1-3H3. The molecule has 14 rings (SSSR count). The fourth-order valence-electron chi connectivity index (χ4n) is 10.5. The molecule has 0 spiro atoms. The van der Waals surface area contributed by atoms with Crippen LogP contribution in [0.25, 0.3) is 101 Å². The lowest BCUT2D eigenvalue weighted by Crippen LogP contribution is -2.60. The molecule has 0 N–H and O–H groups in total. The first kappa shape index (κ1) is 31.7. The molecule has 2 aliphatic heterocycles. The predicted molar refractivity (Wildman–Crippen MR) is 252 cm³/mol. The molecule has 6 heteroatoms. The molecule has 0 aliphatic carbocycles. The summed E-state index contributed by atoms with van der Waals surface area (Å²) in [5, 5.41) is 10.0. The SMILES string of the molecule is CC(C)(C)c1ccc(N2B3c4cc5c(cc4-n4c6ccc7c8ccccc8oc7c6c6ccc(c3c64)-c3cc4sc6ccccc6c4cc32)sc2ccccc25)cc1. The third-order valence-electron chi connectivity index (χ3n) is 13.1. The van der Waals surface area contributed by atoms with Crippen LogP contribution in [-0.4, -0.2) is 11.4 Å². The number of hydrogen-bond acceptors (Lipinski definition) is 4. The summed E-state index contributed by atoms with van der Waals surface area (Å²) in [5.41, 5.74) is 14.7. The second-order valence-corrected chi connectivity index (χ2v) is 19.4. The van der Waals surface area contributed by atoms with Gasteiger partial charge in [-0.3, -0.25) is 0 Å². The summed E-state index contributed by atoms with van der Waals surface area (Å²) >= 11 is 3.79. The van der Waals surface area contributed by atoms with Crippen molar-refractivity contribution in [2.75, 3.05) is 4.81 Å². The zero-order chi connectivity index (χ0) is 38.2. The molecule has 58 heavy (non-hydrogen) atoms. The molecule has 272 valence electrons. The van der Waals surface area contributed by atoms with Crippen molar-refractivity contribution >= 4 is 136 Å². The van der Waals surface area contributed by atoms with Gasteiger partial charge in [0.2, 0.25) is 0 Å². The van der Waals surface area contributed by atoms with Crippen LogP contribution in [-0.2, 0) is 5.41 Å². The maximum Gasteiger partial charge on any atom is 0.333 e. The van der Waals surface area contributed by atoms with Crippen LogP contribution < -0.4 is 15.7 Å². The normalized spacial score (nSPS) is 13.7. The van der Waals surface area contributed by atoms with Gasteiger partial charge in [-0.1, -0.05) is 106 Å². The molecule has 3 nitrogen and oxygen atoms in total. The molecule has 0 bridgehead atoms. The van der Waals surface area contributed by atoms with Gasteiger partial charge < -0.3 is 13.8 Å². The lowest BCUT2D eigenvalue weighted by molar-refractivity contribution is 0.590. The van der Waals surface area contributed by atoms with Gasteiger partial charge in [-0.15, -0.1) is 22.7 Å². The van der Waals surface area contributed by atoms with Crippen molar-refractivity contribution in [2.24, 2.45) is 0 Å². The summed E-state index contributed by atoms with van der Waals surface area (Å²) in [5.74, 6) is 0. The summed E-state index contributed by atoms with van der Waals surface area (Å²) in [6, 6.07) is 55.1. The molecule has 6 heterocycles. The van der Waals surface area contributed by atoms with E-state index in [1.54, 1.807) is 0 Å². The van der Waals surface area contributed by atoms with Gasteiger partial charge in [-0.25, -0.2) is 0 Å². The van der Waals surface area contributed by atoms with E-state index in [0.717, 1.165) is 21.9 Å². The third-order valence-corrected chi connectivity index (χ3v) is 15.4. The van der Waals surface area contributed by atoms with E-state index in [0.29, 0.717) is 0 Å². The lowest BCUT2D eigenvalue weighted by Gasteiger charge is -2.42. The monoisotopic (exact) mass is 776 g/mol. The molecule has 0 radical (unpaired) electrons. The molecule has 4 aromatic heterocycles. The van der Waals surface area contributed by atoms with Crippen molar-refractivity contribution in [3.63, 3.8) is 0 Å². The Kier molecular flexibility index (Phi) is 5.90. The Morgan fingerprint density at radius 1 is 0.534 bits per heavy atom. The number of nitrogens with zero attached hydrogens (tertiary/aromatic N) is 2. The van der Waals surface area contributed by atoms with Gasteiger partial charge in [0.25, 0.3) is 0 Å². The third kappa shape index (κ3) is 3.95. The molecule has 0 saturated heterocycles. The second-order valence-electron chi connectivity index (χ2n) is 17.2. The number of para-hydroxylation sites is 1. The van der Waals surface area contributed by atoms with E-state index in [1.165, 1.54) is 107 Å². The first-order chi connectivity index (χ1) is 28.4. The molecule has 0 fully saturated rings. The average molecular weight is 777 g/mol. The van der Waals surface area contributed by atoms with Gasteiger partial charge in [0.05, 0.1) is 16.4 Å². The summed E-state index contributed by atoms with van der Waals surface area (Å²) in [6.45, 7) is 6.83. The first-order valence-corrected chi connectivity index (χ1v) is 21.7. The zero-order valence-electron chi connectivity index (χ0n) is 32.1. The molecule has 8 aromatic carbocycles. The van der Waals surface area contributed by atoms with Gasteiger partial charge in [0.1, 0.15) is 11.2 Å².